The van der Waals surface area contributed by atoms with Crippen LogP contribution in [0.15, 0.2) is 60.7 Å². The molecule has 0 radical (unpaired) electrons. The molecular formula is C31H28F4N2O4S. The molecule has 4 aromatic rings. The molecule has 1 aromatic heterocycles. The lowest BCUT2D eigenvalue weighted by molar-refractivity contribution is -0.143. The van der Waals surface area contributed by atoms with Gasteiger partial charge in [-0.1, -0.05) is 35.6 Å². The van der Waals surface area contributed by atoms with Crippen molar-refractivity contribution in [2.24, 2.45) is 5.92 Å². The summed E-state index contributed by atoms with van der Waals surface area (Å²) in [5, 5.41) is 5.93. The fourth-order valence-corrected chi connectivity index (χ4v) is 5.59. The van der Waals surface area contributed by atoms with Crippen LogP contribution in [0, 0.1) is 11.7 Å². The summed E-state index contributed by atoms with van der Waals surface area (Å²) >= 11 is 0.368. The molecule has 1 unspecified atom stereocenters. The number of methoxy groups -OCH3 is 1. The second-order valence-electron chi connectivity index (χ2n) is 9.95. The molecule has 1 aliphatic carbocycles. The molecule has 220 valence electrons. The number of hydrogen-bond acceptors (Lipinski definition) is 7. The second-order valence-corrected chi connectivity index (χ2v) is 10.9. The molecule has 5 rings (SSSR count). The molecule has 0 saturated heterocycles. The Morgan fingerprint density at radius 2 is 1.76 bits per heavy atom. The zero-order valence-corrected chi connectivity index (χ0v) is 23.7. The zero-order valence-electron chi connectivity index (χ0n) is 22.9. The third kappa shape index (κ3) is 6.89. The van der Waals surface area contributed by atoms with Crippen LogP contribution in [0.4, 0.5) is 17.6 Å². The number of rotatable bonds is 11. The normalized spacial score (nSPS) is 14.0. The maximum atomic E-state index is 14.9. The zero-order chi connectivity index (χ0) is 29.9. The van der Waals surface area contributed by atoms with Crippen molar-refractivity contribution in [2.45, 2.75) is 44.9 Å². The van der Waals surface area contributed by atoms with E-state index in [2.05, 4.69) is 10.2 Å². The summed E-state index contributed by atoms with van der Waals surface area (Å²) in [7, 11) is 1.44. The maximum absolute atomic E-state index is 14.9. The van der Waals surface area contributed by atoms with Crippen molar-refractivity contribution in [1.82, 2.24) is 10.2 Å². The van der Waals surface area contributed by atoms with Crippen LogP contribution < -0.4 is 9.47 Å². The average molecular weight is 601 g/mol. The van der Waals surface area contributed by atoms with Gasteiger partial charge in [0, 0.05) is 11.1 Å². The molecule has 0 aliphatic heterocycles. The molecule has 3 aromatic carbocycles. The Morgan fingerprint density at radius 3 is 2.45 bits per heavy atom. The van der Waals surface area contributed by atoms with Crippen molar-refractivity contribution in [1.29, 1.82) is 0 Å². The molecule has 42 heavy (non-hydrogen) atoms. The molecule has 1 aliphatic rings. The molecule has 1 atom stereocenters. The van der Waals surface area contributed by atoms with Crippen LogP contribution in [0.25, 0.3) is 21.7 Å². The van der Waals surface area contributed by atoms with E-state index in [1.54, 1.807) is 19.1 Å². The van der Waals surface area contributed by atoms with Gasteiger partial charge in [-0.05, 0) is 84.7 Å². The van der Waals surface area contributed by atoms with E-state index in [1.807, 2.05) is 24.3 Å². The largest absolute Gasteiger partial charge is 0.497 e. The molecule has 0 amide bonds. The molecule has 0 bridgehead atoms. The van der Waals surface area contributed by atoms with Crippen molar-refractivity contribution in [3.05, 3.63) is 82.6 Å². The van der Waals surface area contributed by atoms with Crippen LogP contribution in [0.3, 0.4) is 0 Å². The summed E-state index contributed by atoms with van der Waals surface area (Å²) in [6.07, 6.45) is -2.22. The summed E-state index contributed by atoms with van der Waals surface area (Å²) in [4.78, 5) is 12.2. The lowest BCUT2D eigenvalue weighted by Crippen LogP contribution is -2.12. The number of alkyl halides is 3. The number of carbonyl (C=O) groups is 1. The van der Waals surface area contributed by atoms with E-state index in [4.69, 9.17) is 14.2 Å². The van der Waals surface area contributed by atoms with Gasteiger partial charge >= 0.3 is 12.1 Å². The van der Waals surface area contributed by atoms with E-state index < -0.39 is 17.0 Å². The van der Waals surface area contributed by atoms with Crippen molar-refractivity contribution < 1.29 is 36.6 Å². The molecule has 1 saturated carbocycles. The number of nitrogens with zero attached hydrogens (tertiary/aromatic N) is 2. The lowest BCUT2D eigenvalue weighted by atomic mass is 9.90. The minimum absolute atomic E-state index is 0.0294. The van der Waals surface area contributed by atoms with Gasteiger partial charge in [0.2, 0.25) is 5.01 Å². The smallest absolute Gasteiger partial charge is 0.445 e. The monoisotopic (exact) mass is 600 g/mol. The van der Waals surface area contributed by atoms with Gasteiger partial charge in [0.1, 0.15) is 28.9 Å². The minimum Gasteiger partial charge on any atom is -0.497 e. The number of aromatic nitrogens is 2. The number of halogens is 4. The second kappa shape index (κ2) is 12.5. The van der Waals surface area contributed by atoms with E-state index in [-0.39, 0.29) is 34.6 Å². The number of ether oxygens (including phenoxy) is 3. The Hall–Kier alpha value is -3.99. The lowest BCUT2D eigenvalue weighted by Gasteiger charge is -2.17. The quantitative estimate of drug-likeness (QED) is 0.128. The summed E-state index contributed by atoms with van der Waals surface area (Å²) < 4.78 is 71.3. The van der Waals surface area contributed by atoms with Crippen LogP contribution in [0.1, 0.15) is 48.2 Å². The Kier molecular flexibility index (Phi) is 8.77. The van der Waals surface area contributed by atoms with Gasteiger partial charge in [-0.3, -0.25) is 4.79 Å². The van der Waals surface area contributed by atoms with E-state index in [9.17, 15) is 22.4 Å². The van der Waals surface area contributed by atoms with Gasteiger partial charge < -0.3 is 14.2 Å². The first-order valence-corrected chi connectivity index (χ1v) is 14.2. The maximum Gasteiger partial charge on any atom is 0.445 e. The topological polar surface area (TPSA) is 70.5 Å². The standard InChI is InChI=1S/C31H28F4N2O4S/c1-3-40-28(38)16-24(19-7-8-19)20-6-4-5-18(13-20)17-41-22-9-11-23(25-14-21(39-2)10-12-27(25)32)26(15-22)29-36-37-30(42-29)31(33,34)35/h4-6,9-15,19,24H,3,7-8,16-17H2,1-2H3. The highest BCUT2D eigenvalue weighted by Gasteiger charge is 2.36. The SMILES string of the molecule is CCOC(=O)CC(c1cccc(COc2ccc(-c3cc(OC)ccc3F)c(-c3nnc(C(F)(F)F)s3)c2)c1)C1CC1. The van der Waals surface area contributed by atoms with E-state index in [0.717, 1.165) is 24.0 Å². The Bertz CT molecular complexity index is 1570. The number of carbonyl (C=O) groups excluding carboxylic acids is 1. The molecule has 6 nitrogen and oxygen atoms in total. The number of esters is 1. The fourth-order valence-electron chi connectivity index (χ4n) is 4.84. The molecule has 11 heteroatoms. The van der Waals surface area contributed by atoms with Gasteiger partial charge in [0.15, 0.2) is 0 Å². The van der Waals surface area contributed by atoms with Gasteiger partial charge in [-0.25, -0.2) is 4.39 Å². The van der Waals surface area contributed by atoms with Crippen molar-refractivity contribution in [2.75, 3.05) is 13.7 Å². The van der Waals surface area contributed by atoms with Gasteiger partial charge in [0.05, 0.1) is 20.1 Å². The van der Waals surface area contributed by atoms with Crippen LogP contribution in [-0.2, 0) is 22.3 Å². The third-order valence-corrected chi connectivity index (χ3v) is 8.02. The predicted octanol–water partition coefficient (Wildman–Crippen LogP) is 8.06. The highest BCUT2D eigenvalue weighted by molar-refractivity contribution is 7.14. The molecule has 1 fully saturated rings. The van der Waals surface area contributed by atoms with E-state index in [0.29, 0.717) is 47.3 Å². The molecule has 0 spiro atoms. The summed E-state index contributed by atoms with van der Waals surface area (Å²) in [6, 6.07) is 16.7. The molecular weight excluding hydrogens is 572 g/mol. The summed E-state index contributed by atoms with van der Waals surface area (Å²) in [6.45, 7) is 2.29. The van der Waals surface area contributed by atoms with Crippen LogP contribution in [0.2, 0.25) is 0 Å². The highest BCUT2D eigenvalue weighted by Crippen LogP contribution is 2.45. The predicted molar refractivity (Wildman–Crippen MR) is 150 cm³/mol. The van der Waals surface area contributed by atoms with Crippen molar-refractivity contribution >= 4 is 17.3 Å². The first-order valence-electron chi connectivity index (χ1n) is 13.4. The Morgan fingerprint density at radius 1 is 1.00 bits per heavy atom. The van der Waals surface area contributed by atoms with Gasteiger partial charge in [-0.15, -0.1) is 10.2 Å². The van der Waals surface area contributed by atoms with Crippen LogP contribution >= 0.6 is 11.3 Å². The summed E-state index contributed by atoms with van der Waals surface area (Å²) in [5.41, 5.74) is 2.59. The fraction of sp³-hybridized carbons (Fsp3) is 0.323. The highest BCUT2D eigenvalue weighted by atomic mass is 32.1. The van der Waals surface area contributed by atoms with E-state index >= 15 is 0 Å². The third-order valence-electron chi connectivity index (χ3n) is 7.02. The molecule has 0 N–H and O–H groups in total. The first-order chi connectivity index (χ1) is 20.2. The van der Waals surface area contributed by atoms with Gasteiger partial charge in [-0.2, -0.15) is 13.2 Å². The summed E-state index contributed by atoms with van der Waals surface area (Å²) in [5.74, 6) is 0.450. The minimum atomic E-state index is -4.66. The van der Waals surface area contributed by atoms with Crippen LogP contribution in [-0.4, -0.2) is 29.9 Å². The van der Waals surface area contributed by atoms with Crippen molar-refractivity contribution in [3.63, 3.8) is 0 Å². The van der Waals surface area contributed by atoms with Crippen molar-refractivity contribution in [3.8, 4) is 33.2 Å². The molecule has 1 heterocycles. The average Bonchev–Trinajstić information content (AvgIpc) is 3.69. The number of benzene rings is 3. The first kappa shape index (κ1) is 29.5. The number of hydrogen-bond donors (Lipinski definition) is 0. The Labute approximate surface area is 244 Å². The van der Waals surface area contributed by atoms with E-state index in [1.165, 1.54) is 31.4 Å². The van der Waals surface area contributed by atoms with Crippen LogP contribution in [0.5, 0.6) is 11.5 Å². The van der Waals surface area contributed by atoms with Gasteiger partial charge in [0.25, 0.3) is 0 Å². The Balaban J connectivity index is 1.43.